The highest BCUT2D eigenvalue weighted by molar-refractivity contribution is 5.76. The fourth-order valence-electron chi connectivity index (χ4n) is 5.12. The Kier molecular flexibility index (Phi) is 5.43. The molecule has 28 heavy (non-hydrogen) atoms. The molecule has 0 spiro atoms. The zero-order chi connectivity index (χ0) is 19.6. The molecule has 4 rings (SSSR count). The maximum Gasteiger partial charge on any atom is 0.329 e. The summed E-state index contributed by atoms with van der Waals surface area (Å²) in [6, 6.07) is 19.0. The van der Waals surface area contributed by atoms with E-state index in [2.05, 4.69) is 54.0 Å². The van der Waals surface area contributed by atoms with Crippen LogP contribution in [0.5, 0.6) is 0 Å². The Balaban J connectivity index is 1.46. The van der Waals surface area contributed by atoms with E-state index in [0.717, 1.165) is 29.8 Å². The molecule has 1 aromatic heterocycles. The van der Waals surface area contributed by atoms with Gasteiger partial charge in [-0.2, -0.15) is 0 Å². The highest BCUT2D eigenvalue weighted by Crippen LogP contribution is 2.38. The number of aromatic nitrogens is 2. The first kappa shape index (κ1) is 19.0. The van der Waals surface area contributed by atoms with Crippen LogP contribution in [0.3, 0.4) is 0 Å². The van der Waals surface area contributed by atoms with Crippen LogP contribution in [0.4, 0.5) is 0 Å². The van der Waals surface area contributed by atoms with Gasteiger partial charge in [-0.15, -0.1) is 0 Å². The van der Waals surface area contributed by atoms with E-state index in [1.807, 2.05) is 23.7 Å². The Hall–Kier alpha value is -2.29. The van der Waals surface area contributed by atoms with Crippen LogP contribution in [-0.4, -0.2) is 9.13 Å². The van der Waals surface area contributed by atoms with Crippen molar-refractivity contribution in [3.05, 3.63) is 70.6 Å². The van der Waals surface area contributed by atoms with Gasteiger partial charge >= 0.3 is 5.69 Å². The van der Waals surface area contributed by atoms with Crippen LogP contribution in [-0.2, 0) is 19.0 Å². The summed E-state index contributed by atoms with van der Waals surface area (Å²) >= 11 is 0. The minimum Gasteiger partial charge on any atom is -0.295 e. The molecule has 1 fully saturated rings. The molecule has 0 bridgehead atoms. The molecule has 3 heteroatoms. The van der Waals surface area contributed by atoms with Crippen molar-refractivity contribution in [2.24, 2.45) is 13.0 Å². The van der Waals surface area contributed by atoms with E-state index in [4.69, 9.17) is 0 Å². The summed E-state index contributed by atoms with van der Waals surface area (Å²) in [6.45, 7) is 2.30. The van der Waals surface area contributed by atoms with Crippen molar-refractivity contribution in [1.82, 2.24) is 9.13 Å². The van der Waals surface area contributed by atoms with Crippen molar-refractivity contribution >= 4 is 11.0 Å². The minimum absolute atomic E-state index is 0.0773. The summed E-state index contributed by atoms with van der Waals surface area (Å²) in [5.41, 5.74) is 3.62. The number of benzene rings is 2. The average molecular weight is 377 g/mol. The molecule has 0 aliphatic heterocycles. The lowest BCUT2D eigenvalue weighted by molar-refractivity contribution is 0.268. The SMILES string of the molecule is Cn1c(=O)n(C2(C)CCCC(CCCc3ccccc3)CC2)c2ccccc21. The smallest absolute Gasteiger partial charge is 0.295 e. The van der Waals surface area contributed by atoms with Crippen LogP contribution in [0.2, 0.25) is 0 Å². The number of hydrogen-bond acceptors (Lipinski definition) is 1. The van der Waals surface area contributed by atoms with E-state index in [9.17, 15) is 4.79 Å². The summed E-state index contributed by atoms with van der Waals surface area (Å²) in [6.07, 6.45) is 9.66. The molecule has 148 valence electrons. The van der Waals surface area contributed by atoms with Gasteiger partial charge in [0.05, 0.1) is 11.0 Å². The van der Waals surface area contributed by atoms with Crippen LogP contribution in [0.15, 0.2) is 59.4 Å². The molecule has 0 amide bonds. The predicted octanol–water partition coefficient (Wildman–Crippen LogP) is 5.66. The van der Waals surface area contributed by atoms with Gasteiger partial charge in [-0.25, -0.2) is 4.79 Å². The van der Waals surface area contributed by atoms with Crippen molar-refractivity contribution < 1.29 is 0 Å². The van der Waals surface area contributed by atoms with E-state index in [-0.39, 0.29) is 11.2 Å². The van der Waals surface area contributed by atoms with Gasteiger partial charge in [0.1, 0.15) is 0 Å². The molecular weight excluding hydrogens is 344 g/mol. The van der Waals surface area contributed by atoms with Gasteiger partial charge < -0.3 is 0 Å². The number of imidazole rings is 1. The largest absolute Gasteiger partial charge is 0.329 e. The normalized spacial score (nSPS) is 23.0. The van der Waals surface area contributed by atoms with E-state index >= 15 is 0 Å². The van der Waals surface area contributed by atoms with E-state index in [1.54, 1.807) is 0 Å². The van der Waals surface area contributed by atoms with Crippen molar-refractivity contribution in [2.75, 3.05) is 0 Å². The summed E-state index contributed by atoms with van der Waals surface area (Å²) in [4.78, 5) is 13.0. The quantitative estimate of drug-likeness (QED) is 0.528. The molecular formula is C25H32N2O. The van der Waals surface area contributed by atoms with Gasteiger partial charge in [0.2, 0.25) is 0 Å². The Morgan fingerprint density at radius 3 is 2.46 bits per heavy atom. The molecule has 2 atom stereocenters. The van der Waals surface area contributed by atoms with Crippen LogP contribution >= 0.6 is 0 Å². The van der Waals surface area contributed by atoms with Crippen molar-refractivity contribution in [3.8, 4) is 0 Å². The van der Waals surface area contributed by atoms with Gasteiger partial charge in [-0.3, -0.25) is 9.13 Å². The maximum atomic E-state index is 13.0. The van der Waals surface area contributed by atoms with Gasteiger partial charge in [0.25, 0.3) is 0 Å². The van der Waals surface area contributed by atoms with Crippen LogP contribution < -0.4 is 5.69 Å². The van der Waals surface area contributed by atoms with Crippen LogP contribution in [0.25, 0.3) is 11.0 Å². The lowest BCUT2D eigenvalue weighted by Crippen LogP contribution is -2.38. The van der Waals surface area contributed by atoms with Gasteiger partial charge in [-0.1, -0.05) is 61.7 Å². The Morgan fingerprint density at radius 1 is 0.964 bits per heavy atom. The van der Waals surface area contributed by atoms with Gasteiger partial charge in [0, 0.05) is 12.6 Å². The summed E-state index contributed by atoms with van der Waals surface area (Å²) in [5, 5.41) is 0. The van der Waals surface area contributed by atoms with E-state index < -0.39 is 0 Å². The molecule has 1 aliphatic rings. The third-order valence-corrected chi connectivity index (χ3v) is 6.84. The third-order valence-electron chi connectivity index (χ3n) is 6.84. The molecule has 1 heterocycles. The number of hydrogen-bond donors (Lipinski definition) is 0. The zero-order valence-corrected chi connectivity index (χ0v) is 17.2. The maximum absolute atomic E-state index is 13.0. The molecule has 1 saturated carbocycles. The second-order valence-corrected chi connectivity index (χ2v) is 8.84. The molecule has 2 unspecified atom stereocenters. The standard InChI is InChI=1S/C25H32N2O/c1-25(27-23-16-7-6-15-22(23)26(2)24(27)28)18-9-14-21(17-19-25)13-8-12-20-10-4-3-5-11-20/h3-7,10-11,15-16,21H,8-9,12-14,17-19H2,1-2H3. The summed E-state index contributed by atoms with van der Waals surface area (Å²) < 4.78 is 3.90. The zero-order valence-electron chi connectivity index (χ0n) is 17.2. The van der Waals surface area contributed by atoms with E-state index in [1.165, 1.54) is 44.1 Å². The van der Waals surface area contributed by atoms with Crippen molar-refractivity contribution in [2.45, 2.75) is 63.8 Å². The monoisotopic (exact) mass is 376 g/mol. The minimum atomic E-state index is -0.0773. The van der Waals surface area contributed by atoms with Gasteiger partial charge in [-0.05, 0) is 62.6 Å². The van der Waals surface area contributed by atoms with Crippen molar-refractivity contribution in [3.63, 3.8) is 0 Å². The molecule has 3 nitrogen and oxygen atoms in total. The fraction of sp³-hybridized carbons (Fsp3) is 0.480. The molecule has 1 aliphatic carbocycles. The first-order chi connectivity index (χ1) is 13.6. The molecule has 3 aromatic rings. The average Bonchev–Trinajstić information content (AvgIpc) is 2.85. The highest BCUT2D eigenvalue weighted by atomic mass is 16.1. The Labute approximate surface area is 168 Å². The highest BCUT2D eigenvalue weighted by Gasteiger charge is 2.33. The lowest BCUT2D eigenvalue weighted by Gasteiger charge is -2.30. The van der Waals surface area contributed by atoms with Gasteiger partial charge in [0.15, 0.2) is 0 Å². The number of fused-ring (bicyclic) bond motifs is 1. The molecule has 0 saturated heterocycles. The molecule has 0 radical (unpaired) electrons. The lowest BCUT2D eigenvalue weighted by atomic mass is 9.89. The van der Waals surface area contributed by atoms with Crippen LogP contribution in [0.1, 0.15) is 57.4 Å². The van der Waals surface area contributed by atoms with E-state index in [0.29, 0.717) is 0 Å². The number of para-hydroxylation sites is 2. The molecule has 0 N–H and O–H groups in total. The van der Waals surface area contributed by atoms with Crippen LogP contribution in [0, 0.1) is 5.92 Å². The summed E-state index contributed by atoms with van der Waals surface area (Å²) in [5.74, 6) is 0.788. The topological polar surface area (TPSA) is 26.9 Å². The molecule has 2 aromatic carbocycles. The Bertz CT molecular complexity index is 985. The third kappa shape index (κ3) is 3.67. The predicted molar refractivity (Wildman–Crippen MR) is 117 cm³/mol. The first-order valence-corrected chi connectivity index (χ1v) is 10.8. The second-order valence-electron chi connectivity index (χ2n) is 8.84. The summed E-state index contributed by atoms with van der Waals surface area (Å²) in [7, 11) is 1.90. The number of rotatable bonds is 5. The first-order valence-electron chi connectivity index (χ1n) is 10.8. The Morgan fingerprint density at radius 2 is 1.68 bits per heavy atom. The second kappa shape index (κ2) is 7.98. The number of nitrogens with zero attached hydrogens (tertiary/aromatic N) is 2. The number of aryl methyl sites for hydroxylation is 2. The fourth-order valence-corrected chi connectivity index (χ4v) is 5.12. The van der Waals surface area contributed by atoms with Crippen molar-refractivity contribution in [1.29, 1.82) is 0 Å².